The highest BCUT2D eigenvalue weighted by Gasteiger charge is 2.16. The summed E-state index contributed by atoms with van der Waals surface area (Å²) >= 11 is 0. The second kappa shape index (κ2) is 3.56. The number of ether oxygens (including phenoxy) is 2. The van der Waals surface area contributed by atoms with Gasteiger partial charge in [0.05, 0.1) is 13.2 Å². The molecule has 3 heteroatoms. The molecule has 10 heavy (non-hydrogen) atoms. The summed E-state index contributed by atoms with van der Waals surface area (Å²) in [4.78, 5) is 10.3. The second-order valence-electron chi connectivity index (χ2n) is 2.53. The molecule has 0 aliphatic carbocycles. The van der Waals surface area contributed by atoms with E-state index >= 15 is 0 Å². The van der Waals surface area contributed by atoms with Gasteiger partial charge in [-0.2, -0.15) is 0 Å². The highest BCUT2D eigenvalue weighted by molar-refractivity contribution is 5.65. The van der Waals surface area contributed by atoms with E-state index in [4.69, 9.17) is 9.47 Å². The van der Waals surface area contributed by atoms with Crippen molar-refractivity contribution in [1.82, 2.24) is 0 Å². The van der Waals surface area contributed by atoms with Crippen LogP contribution >= 0.6 is 0 Å². The maximum absolute atomic E-state index is 10.3. The fourth-order valence-electron chi connectivity index (χ4n) is 0.950. The Bertz CT molecular complexity index is 116. The maximum atomic E-state index is 10.3. The van der Waals surface area contributed by atoms with E-state index in [-0.39, 0.29) is 5.97 Å². The first-order valence-electron chi connectivity index (χ1n) is 3.50. The van der Waals surface area contributed by atoms with E-state index in [0.29, 0.717) is 12.5 Å². The van der Waals surface area contributed by atoms with E-state index in [2.05, 4.69) is 0 Å². The van der Waals surface area contributed by atoms with Crippen LogP contribution in [-0.4, -0.2) is 25.8 Å². The molecule has 0 radical (unpaired) electrons. The first-order chi connectivity index (χ1) is 4.79. The third-order valence-electron chi connectivity index (χ3n) is 1.55. The Morgan fingerprint density at radius 2 is 2.60 bits per heavy atom. The van der Waals surface area contributed by atoms with Crippen molar-refractivity contribution in [2.75, 3.05) is 19.8 Å². The van der Waals surface area contributed by atoms with E-state index in [1.165, 1.54) is 6.92 Å². The van der Waals surface area contributed by atoms with E-state index in [1.54, 1.807) is 0 Å². The lowest BCUT2D eigenvalue weighted by Gasteiger charge is -2.05. The molecular weight excluding hydrogens is 132 g/mol. The third-order valence-corrected chi connectivity index (χ3v) is 1.55. The SMILES string of the molecule is CC(=O)OC[C@@H]1CCOC1. The van der Waals surface area contributed by atoms with Gasteiger partial charge in [-0.25, -0.2) is 0 Å². The fourth-order valence-corrected chi connectivity index (χ4v) is 0.950. The zero-order valence-corrected chi connectivity index (χ0v) is 6.13. The quantitative estimate of drug-likeness (QED) is 0.532. The van der Waals surface area contributed by atoms with Gasteiger partial charge in [0.1, 0.15) is 0 Å². The van der Waals surface area contributed by atoms with Crippen LogP contribution in [-0.2, 0) is 14.3 Å². The molecular formula is C7H12O3. The average molecular weight is 144 g/mol. The van der Waals surface area contributed by atoms with Crippen molar-refractivity contribution >= 4 is 5.97 Å². The van der Waals surface area contributed by atoms with Crippen molar-refractivity contribution in [1.29, 1.82) is 0 Å². The van der Waals surface area contributed by atoms with Gasteiger partial charge in [-0.05, 0) is 6.42 Å². The molecule has 58 valence electrons. The molecule has 0 spiro atoms. The van der Waals surface area contributed by atoms with Gasteiger partial charge in [0.15, 0.2) is 0 Å². The minimum atomic E-state index is -0.202. The molecule has 0 aromatic rings. The molecule has 0 bridgehead atoms. The van der Waals surface area contributed by atoms with Gasteiger partial charge in [0.25, 0.3) is 0 Å². The zero-order valence-electron chi connectivity index (χ0n) is 6.13. The highest BCUT2D eigenvalue weighted by Crippen LogP contribution is 2.11. The first-order valence-corrected chi connectivity index (χ1v) is 3.50. The zero-order chi connectivity index (χ0) is 7.40. The van der Waals surface area contributed by atoms with E-state index in [1.807, 2.05) is 0 Å². The molecule has 0 saturated carbocycles. The summed E-state index contributed by atoms with van der Waals surface area (Å²) in [5.74, 6) is 0.232. The molecule has 0 N–H and O–H groups in total. The van der Waals surface area contributed by atoms with Crippen LogP contribution in [0.15, 0.2) is 0 Å². The van der Waals surface area contributed by atoms with Crippen molar-refractivity contribution < 1.29 is 14.3 Å². The summed E-state index contributed by atoms with van der Waals surface area (Å²) in [5.41, 5.74) is 0. The predicted molar refractivity (Wildman–Crippen MR) is 35.6 cm³/mol. The molecule has 1 rings (SSSR count). The molecule has 1 fully saturated rings. The molecule has 1 aliphatic rings. The van der Waals surface area contributed by atoms with Crippen molar-refractivity contribution in [2.45, 2.75) is 13.3 Å². The molecule has 0 amide bonds. The van der Waals surface area contributed by atoms with E-state index in [9.17, 15) is 4.79 Å². The Kier molecular flexibility index (Phi) is 2.68. The van der Waals surface area contributed by atoms with Crippen LogP contribution in [0, 0.1) is 5.92 Å². The lowest BCUT2D eigenvalue weighted by atomic mass is 10.1. The Morgan fingerprint density at radius 3 is 3.10 bits per heavy atom. The second-order valence-corrected chi connectivity index (χ2v) is 2.53. The van der Waals surface area contributed by atoms with Crippen LogP contribution in [0.4, 0.5) is 0 Å². The van der Waals surface area contributed by atoms with Crippen LogP contribution in [0.3, 0.4) is 0 Å². The van der Waals surface area contributed by atoms with Crippen LogP contribution in [0.1, 0.15) is 13.3 Å². The van der Waals surface area contributed by atoms with Crippen molar-refractivity contribution in [2.24, 2.45) is 5.92 Å². The summed E-state index contributed by atoms with van der Waals surface area (Å²) in [7, 11) is 0. The lowest BCUT2D eigenvalue weighted by Crippen LogP contribution is -2.11. The number of carbonyl (C=O) groups is 1. The molecule has 3 nitrogen and oxygen atoms in total. The summed E-state index contributed by atoms with van der Waals surface area (Å²) in [6, 6.07) is 0. The Hall–Kier alpha value is -0.570. The number of rotatable bonds is 2. The van der Waals surface area contributed by atoms with Gasteiger partial charge in [-0.1, -0.05) is 0 Å². The molecule has 0 unspecified atom stereocenters. The number of esters is 1. The summed E-state index contributed by atoms with van der Waals surface area (Å²) in [5, 5.41) is 0. The normalized spacial score (nSPS) is 24.7. The summed E-state index contributed by atoms with van der Waals surface area (Å²) in [6.45, 7) is 3.50. The number of hydrogen-bond acceptors (Lipinski definition) is 3. The summed E-state index contributed by atoms with van der Waals surface area (Å²) in [6.07, 6.45) is 1.02. The molecule has 1 heterocycles. The highest BCUT2D eigenvalue weighted by atomic mass is 16.5. The van der Waals surface area contributed by atoms with Crippen LogP contribution in [0.25, 0.3) is 0 Å². The average Bonchev–Trinajstić information content (AvgIpc) is 2.34. The Balaban J connectivity index is 2.07. The third kappa shape index (κ3) is 2.35. The predicted octanol–water partition coefficient (Wildman–Crippen LogP) is 0.586. The van der Waals surface area contributed by atoms with E-state index in [0.717, 1.165) is 19.6 Å². The van der Waals surface area contributed by atoms with Gasteiger partial charge in [-0.15, -0.1) is 0 Å². The Labute approximate surface area is 60.3 Å². The minimum absolute atomic E-state index is 0.202. The molecule has 1 saturated heterocycles. The van der Waals surface area contributed by atoms with Gasteiger partial charge in [0.2, 0.25) is 0 Å². The first kappa shape index (κ1) is 7.54. The van der Waals surface area contributed by atoms with Gasteiger partial charge in [0, 0.05) is 19.4 Å². The molecule has 0 aromatic carbocycles. The lowest BCUT2D eigenvalue weighted by molar-refractivity contribution is -0.142. The number of hydrogen-bond donors (Lipinski definition) is 0. The van der Waals surface area contributed by atoms with Gasteiger partial charge >= 0.3 is 5.97 Å². The van der Waals surface area contributed by atoms with Crippen LogP contribution in [0.2, 0.25) is 0 Å². The van der Waals surface area contributed by atoms with E-state index < -0.39 is 0 Å². The van der Waals surface area contributed by atoms with Crippen molar-refractivity contribution in [3.8, 4) is 0 Å². The van der Waals surface area contributed by atoms with Crippen LogP contribution < -0.4 is 0 Å². The summed E-state index contributed by atoms with van der Waals surface area (Å²) < 4.78 is 9.90. The molecule has 1 atom stereocenters. The smallest absolute Gasteiger partial charge is 0.302 e. The van der Waals surface area contributed by atoms with Crippen LogP contribution in [0.5, 0.6) is 0 Å². The fraction of sp³-hybridized carbons (Fsp3) is 0.857. The standard InChI is InChI=1S/C7H12O3/c1-6(8)10-5-7-2-3-9-4-7/h7H,2-5H2,1H3/t7-/m1/s1. The minimum Gasteiger partial charge on any atom is -0.465 e. The molecule has 0 aromatic heterocycles. The van der Waals surface area contributed by atoms with Crippen molar-refractivity contribution in [3.63, 3.8) is 0 Å². The van der Waals surface area contributed by atoms with Gasteiger partial charge < -0.3 is 9.47 Å². The van der Waals surface area contributed by atoms with Gasteiger partial charge in [-0.3, -0.25) is 4.79 Å². The largest absolute Gasteiger partial charge is 0.465 e. The Morgan fingerprint density at radius 1 is 1.80 bits per heavy atom. The number of carbonyl (C=O) groups excluding carboxylic acids is 1. The topological polar surface area (TPSA) is 35.5 Å². The monoisotopic (exact) mass is 144 g/mol. The maximum Gasteiger partial charge on any atom is 0.302 e. The van der Waals surface area contributed by atoms with Crippen molar-refractivity contribution in [3.05, 3.63) is 0 Å². The molecule has 1 aliphatic heterocycles.